The van der Waals surface area contributed by atoms with Crippen molar-refractivity contribution in [3.8, 4) is 0 Å². The van der Waals surface area contributed by atoms with Gasteiger partial charge >= 0.3 is 0 Å². The predicted octanol–water partition coefficient (Wildman–Crippen LogP) is 3.57. The first-order valence-electron chi connectivity index (χ1n) is 10.5. The van der Waals surface area contributed by atoms with Crippen LogP contribution in [0.5, 0.6) is 0 Å². The van der Waals surface area contributed by atoms with E-state index in [1.54, 1.807) is 24.3 Å². The molecule has 168 valence electrons. The fraction of sp³-hybridized carbons (Fsp3) is 0.160. The first kappa shape index (κ1) is 22.0. The second-order valence-electron chi connectivity index (χ2n) is 7.75. The molecule has 0 spiro atoms. The number of anilines is 3. The van der Waals surface area contributed by atoms with Crippen molar-refractivity contribution in [2.24, 2.45) is 5.73 Å². The highest BCUT2D eigenvalue weighted by atomic mass is 19.1. The molecule has 0 radical (unpaired) electrons. The SMILES string of the molecule is NC(=O)c1ccccc1NC(=O)CN1CCCc2c(NC(=O)c3ccc(F)cc3)cccc21. The van der Waals surface area contributed by atoms with Crippen LogP contribution in [0.15, 0.2) is 66.7 Å². The number of nitrogens with zero attached hydrogens (tertiary/aromatic N) is 1. The van der Waals surface area contributed by atoms with E-state index in [9.17, 15) is 18.8 Å². The highest BCUT2D eigenvalue weighted by Crippen LogP contribution is 2.33. The molecule has 0 unspecified atom stereocenters. The summed E-state index contributed by atoms with van der Waals surface area (Å²) in [5.74, 6) is -1.63. The summed E-state index contributed by atoms with van der Waals surface area (Å²) in [7, 11) is 0. The molecule has 3 aromatic carbocycles. The number of rotatable bonds is 6. The van der Waals surface area contributed by atoms with E-state index >= 15 is 0 Å². The molecule has 8 heteroatoms. The first-order chi connectivity index (χ1) is 15.9. The summed E-state index contributed by atoms with van der Waals surface area (Å²) in [4.78, 5) is 38.9. The van der Waals surface area contributed by atoms with Crippen molar-refractivity contribution >= 4 is 34.8 Å². The maximum atomic E-state index is 13.2. The van der Waals surface area contributed by atoms with Gasteiger partial charge in [0.05, 0.1) is 17.8 Å². The number of carbonyl (C=O) groups excluding carboxylic acids is 3. The molecule has 4 rings (SSSR count). The summed E-state index contributed by atoms with van der Waals surface area (Å²) in [5, 5.41) is 5.66. The van der Waals surface area contributed by atoms with Crippen LogP contribution < -0.4 is 21.3 Å². The molecule has 0 aliphatic carbocycles. The molecule has 4 N–H and O–H groups in total. The highest BCUT2D eigenvalue weighted by molar-refractivity contribution is 6.05. The quantitative estimate of drug-likeness (QED) is 0.538. The fourth-order valence-electron chi connectivity index (χ4n) is 3.95. The van der Waals surface area contributed by atoms with Crippen LogP contribution in [0, 0.1) is 5.82 Å². The Hall–Kier alpha value is -4.20. The minimum atomic E-state index is -0.615. The third-order valence-electron chi connectivity index (χ3n) is 5.50. The van der Waals surface area contributed by atoms with Crippen molar-refractivity contribution in [1.29, 1.82) is 0 Å². The number of halogens is 1. The minimum absolute atomic E-state index is 0.0788. The molecular weight excluding hydrogens is 423 g/mol. The highest BCUT2D eigenvalue weighted by Gasteiger charge is 2.23. The van der Waals surface area contributed by atoms with E-state index < -0.39 is 11.7 Å². The fourth-order valence-corrected chi connectivity index (χ4v) is 3.95. The number of nitrogens with two attached hydrogens (primary N) is 1. The number of primary amides is 1. The molecule has 0 saturated carbocycles. The van der Waals surface area contributed by atoms with Gasteiger partial charge in [-0.1, -0.05) is 18.2 Å². The zero-order valence-corrected chi connectivity index (χ0v) is 17.8. The lowest BCUT2D eigenvalue weighted by molar-refractivity contribution is -0.115. The van der Waals surface area contributed by atoms with Crippen LogP contribution in [-0.4, -0.2) is 30.8 Å². The number of hydrogen-bond acceptors (Lipinski definition) is 4. The number of benzene rings is 3. The summed E-state index contributed by atoms with van der Waals surface area (Å²) in [6.07, 6.45) is 1.55. The Labute approximate surface area is 190 Å². The summed E-state index contributed by atoms with van der Waals surface area (Å²) < 4.78 is 13.2. The molecule has 1 aliphatic rings. The van der Waals surface area contributed by atoms with Crippen molar-refractivity contribution < 1.29 is 18.8 Å². The standard InChI is InChI=1S/C25H23FN4O3/c26-17-12-10-16(11-13-17)25(33)29-20-8-3-9-22-18(20)6-4-14-30(22)15-23(31)28-21-7-2-1-5-19(21)24(27)32/h1-3,5,7-13H,4,6,14-15H2,(H2,27,32)(H,28,31)(H,29,33). The number of nitrogens with one attached hydrogen (secondary N) is 2. The average Bonchev–Trinajstić information content (AvgIpc) is 2.80. The zero-order valence-electron chi connectivity index (χ0n) is 17.8. The summed E-state index contributed by atoms with van der Waals surface area (Å²) in [6, 6.07) is 17.5. The van der Waals surface area contributed by atoms with Gasteiger partial charge in [-0.2, -0.15) is 0 Å². The molecule has 3 amide bonds. The predicted molar refractivity (Wildman–Crippen MR) is 125 cm³/mol. The number of hydrogen-bond donors (Lipinski definition) is 3. The van der Waals surface area contributed by atoms with E-state index in [1.807, 2.05) is 23.1 Å². The normalized spacial score (nSPS) is 12.6. The van der Waals surface area contributed by atoms with Crippen LogP contribution in [0.3, 0.4) is 0 Å². The van der Waals surface area contributed by atoms with E-state index in [2.05, 4.69) is 10.6 Å². The molecule has 1 heterocycles. The van der Waals surface area contributed by atoms with Crippen LogP contribution in [0.1, 0.15) is 32.7 Å². The molecule has 0 bridgehead atoms. The van der Waals surface area contributed by atoms with E-state index in [4.69, 9.17) is 5.73 Å². The molecule has 0 saturated heterocycles. The van der Waals surface area contributed by atoms with E-state index in [-0.39, 0.29) is 23.9 Å². The molecule has 1 aliphatic heterocycles. The Balaban J connectivity index is 1.50. The maximum absolute atomic E-state index is 13.2. The molecular formula is C25H23FN4O3. The number of para-hydroxylation sites is 1. The molecule has 0 atom stereocenters. The minimum Gasteiger partial charge on any atom is -0.366 e. The summed E-state index contributed by atoms with van der Waals surface area (Å²) in [5.41, 5.74) is 8.81. The van der Waals surface area contributed by atoms with Gasteiger partial charge in [0.25, 0.3) is 11.8 Å². The Morgan fingerprint density at radius 3 is 2.39 bits per heavy atom. The Bertz CT molecular complexity index is 1210. The van der Waals surface area contributed by atoms with Gasteiger partial charge in [0.15, 0.2) is 0 Å². The third kappa shape index (κ3) is 5.01. The lowest BCUT2D eigenvalue weighted by Gasteiger charge is -2.32. The molecule has 0 fully saturated rings. The van der Waals surface area contributed by atoms with Gasteiger partial charge in [-0.05, 0) is 66.9 Å². The molecule has 0 aromatic heterocycles. The Kier molecular flexibility index (Phi) is 6.35. The smallest absolute Gasteiger partial charge is 0.255 e. The topological polar surface area (TPSA) is 105 Å². The van der Waals surface area contributed by atoms with Crippen LogP contribution >= 0.6 is 0 Å². The van der Waals surface area contributed by atoms with E-state index in [0.717, 1.165) is 24.1 Å². The van der Waals surface area contributed by atoms with E-state index in [1.165, 1.54) is 24.3 Å². The summed E-state index contributed by atoms with van der Waals surface area (Å²) in [6.45, 7) is 0.753. The number of carbonyl (C=O) groups is 3. The van der Waals surface area contributed by atoms with Gasteiger partial charge in [-0.3, -0.25) is 14.4 Å². The van der Waals surface area contributed by atoms with Crippen molar-refractivity contribution in [3.63, 3.8) is 0 Å². The zero-order chi connectivity index (χ0) is 23.4. The van der Waals surface area contributed by atoms with Crippen LogP contribution in [0.2, 0.25) is 0 Å². The van der Waals surface area contributed by atoms with Crippen molar-refractivity contribution in [2.45, 2.75) is 12.8 Å². The van der Waals surface area contributed by atoms with Gasteiger partial charge in [-0.15, -0.1) is 0 Å². The second-order valence-corrected chi connectivity index (χ2v) is 7.75. The van der Waals surface area contributed by atoms with E-state index in [0.29, 0.717) is 23.5 Å². The lowest BCUT2D eigenvalue weighted by atomic mass is 9.99. The number of fused-ring (bicyclic) bond motifs is 1. The lowest BCUT2D eigenvalue weighted by Crippen LogP contribution is -2.37. The van der Waals surface area contributed by atoms with Crippen LogP contribution in [-0.2, 0) is 11.2 Å². The van der Waals surface area contributed by atoms with Crippen molar-refractivity contribution in [2.75, 3.05) is 28.6 Å². The summed E-state index contributed by atoms with van der Waals surface area (Å²) >= 11 is 0. The number of amides is 3. The van der Waals surface area contributed by atoms with Gasteiger partial charge in [0, 0.05) is 23.5 Å². The van der Waals surface area contributed by atoms with Crippen LogP contribution in [0.25, 0.3) is 0 Å². The third-order valence-corrected chi connectivity index (χ3v) is 5.50. The van der Waals surface area contributed by atoms with Crippen LogP contribution in [0.4, 0.5) is 21.5 Å². The van der Waals surface area contributed by atoms with Gasteiger partial charge < -0.3 is 21.3 Å². The average molecular weight is 446 g/mol. The largest absolute Gasteiger partial charge is 0.366 e. The molecule has 7 nitrogen and oxygen atoms in total. The molecule has 33 heavy (non-hydrogen) atoms. The molecule has 3 aromatic rings. The van der Waals surface area contributed by atoms with Crippen molar-refractivity contribution in [1.82, 2.24) is 0 Å². The second kappa shape index (κ2) is 9.52. The maximum Gasteiger partial charge on any atom is 0.255 e. The Morgan fingerprint density at radius 1 is 0.909 bits per heavy atom. The Morgan fingerprint density at radius 2 is 1.64 bits per heavy atom. The van der Waals surface area contributed by atoms with Gasteiger partial charge in [0.1, 0.15) is 5.82 Å². The monoisotopic (exact) mass is 446 g/mol. The van der Waals surface area contributed by atoms with Gasteiger partial charge in [-0.25, -0.2) is 4.39 Å². The van der Waals surface area contributed by atoms with Crippen molar-refractivity contribution in [3.05, 3.63) is 89.2 Å². The van der Waals surface area contributed by atoms with Gasteiger partial charge in [0.2, 0.25) is 5.91 Å². The first-order valence-corrected chi connectivity index (χ1v) is 10.5.